The monoisotopic (exact) mass is 503 g/mol. The maximum absolute atomic E-state index is 6.22. The van der Waals surface area contributed by atoms with Crippen molar-refractivity contribution >= 4 is 53.2 Å². The summed E-state index contributed by atoms with van der Waals surface area (Å²) in [6.45, 7) is 4.06. The average Bonchev–Trinajstić information content (AvgIpc) is 3.01. The molecule has 1 aliphatic heterocycles. The molecular weight excluding hydrogens is 477 g/mol. The summed E-state index contributed by atoms with van der Waals surface area (Å²) in [7, 11) is 5.95. The molecule has 1 aromatic heterocycles. The third-order valence-electron chi connectivity index (χ3n) is 4.66. The number of halogens is 2. The lowest BCUT2D eigenvalue weighted by atomic mass is 10.2. The third-order valence-corrected chi connectivity index (χ3v) is 4.91. The van der Waals surface area contributed by atoms with Gasteiger partial charge in [-0.15, -0.1) is 24.0 Å². The van der Waals surface area contributed by atoms with E-state index < -0.39 is 0 Å². The van der Waals surface area contributed by atoms with Crippen LogP contribution in [0, 0.1) is 0 Å². The Labute approximate surface area is 182 Å². The van der Waals surface area contributed by atoms with Crippen LogP contribution in [0.4, 0.5) is 11.6 Å². The number of hydrogen-bond acceptors (Lipinski definition) is 4. The van der Waals surface area contributed by atoms with Crippen LogP contribution in [0.1, 0.15) is 5.69 Å². The second-order valence-corrected chi connectivity index (χ2v) is 7.06. The maximum Gasteiger partial charge on any atom is 0.204 e. The fraction of sp³-hybridized carbons (Fsp3) is 0.444. The van der Waals surface area contributed by atoms with Gasteiger partial charge in [-0.2, -0.15) is 0 Å². The van der Waals surface area contributed by atoms with Gasteiger partial charge >= 0.3 is 0 Å². The first kappa shape index (κ1) is 21.6. The first-order valence-electron chi connectivity index (χ1n) is 8.69. The summed E-state index contributed by atoms with van der Waals surface area (Å²) in [6.07, 6.45) is 1.85. The number of imidazole rings is 1. The summed E-state index contributed by atoms with van der Waals surface area (Å²) in [5, 5.41) is 0.761. The minimum atomic E-state index is 0. The molecule has 1 fully saturated rings. The van der Waals surface area contributed by atoms with Gasteiger partial charge in [-0.05, 0) is 24.3 Å². The maximum atomic E-state index is 6.22. The van der Waals surface area contributed by atoms with Crippen LogP contribution in [-0.2, 0) is 13.6 Å². The van der Waals surface area contributed by atoms with Crippen molar-refractivity contribution in [2.75, 3.05) is 50.1 Å². The van der Waals surface area contributed by atoms with Crippen molar-refractivity contribution in [3.05, 3.63) is 41.2 Å². The van der Waals surface area contributed by atoms with E-state index in [0.29, 0.717) is 12.5 Å². The van der Waals surface area contributed by atoms with Gasteiger partial charge in [0, 0.05) is 58.0 Å². The van der Waals surface area contributed by atoms with Gasteiger partial charge in [-0.1, -0.05) is 11.6 Å². The minimum Gasteiger partial charge on any atom is -0.370 e. The Kier molecular flexibility index (Phi) is 7.60. The van der Waals surface area contributed by atoms with Gasteiger partial charge in [0.2, 0.25) is 5.95 Å². The molecule has 27 heavy (non-hydrogen) atoms. The Morgan fingerprint density at radius 3 is 2.37 bits per heavy atom. The Balaban J connectivity index is 0.00000261. The van der Waals surface area contributed by atoms with Crippen molar-refractivity contribution in [3.8, 4) is 0 Å². The first-order chi connectivity index (χ1) is 12.5. The van der Waals surface area contributed by atoms with Crippen molar-refractivity contribution in [1.29, 1.82) is 0 Å². The predicted octanol–water partition coefficient (Wildman–Crippen LogP) is 2.39. The zero-order valence-electron chi connectivity index (χ0n) is 16.0. The van der Waals surface area contributed by atoms with Crippen LogP contribution < -0.4 is 15.5 Å². The van der Waals surface area contributed by atoms with Crippen molar-refractivity contribution in [2.24, 2.45) is 17.8 Å². The average molecular weight is 504 g/mol. The highest BCUT2D eigenvalue weighted by molar-refractivity contribution is 14.0. The number of aromatic nitrogens is 2. The third kappa shape index (κ3) is 5.19. The number of rotatable bonds is 4. The molecule has 148 valence electrons. The molecular formula is C18H27ClIN7. The molecule has 2 N–H and O–H groups in total. The minimum absolute atomic E-state index is 0. The normalized spacial score (nSPS) is 14.9. The van der Waals surface area contributed by atoms with Gasteiger partial charge in [0.1, 0.15) is 0 Å². The molecule has 1 saturated heterocycles. The Morgan fingerprint density at radius 2 is 1.81 bits per heavy atom. The Bertz CT molecular complexity index is 765. The van der Waals surface area contributed by atoms with Gasteiger partial charge in [0.05, 0.1) is 18.4 Å². The van der Waals surface area contributed by atoms with Crippen molar-refractivity contribution in [3.63, 3.8) is 0 Å². The molecule has 0 radical (unpaired) electrons. The number of nitrogens with zero attached hydrogens (tertiary/aromatic N) is 6. The van der Waals surface area contributed by atoms with E-state index in [1.54, 1.807) is 0 Å². The summed E-state index contributed by atoms with van der Waals surface area (Å²) in [6, 6.07) is 7.96. The fourth-order valence-electron chi connectivity index (χ4n) is 3.10. The Morgan fingerprint density at radius 1 is 1.19 bits per heavy atom. The van der Waals surface area contributed by atoms with Crippen LogP contribution in [0.15, 0.2) is 35.5 Å². The van der Waals surface area contributed by atoms with E-state index >= 15 is 0 Å². The van der Waals surface area contributed by atoms with E-state index in [4.69, 9.17) is 17.3 Å². The summed E-state index contributed by atoms with van der Waals surface area (Å²) in [5.41, 5.74) is 8.45. The van der Waals surface area contributed by atoms with Crippen LogP contribution in [0.2, 0.25) is 5.02 Å². The van der Waals surface area contributed by atoms with Crippen molar-refractivity contribution in [2.45, 2.75) is 6.54 Å². The van der Waals surface area contributed by atoms with Crippen molar-refractivity contribution in [1.82, 2.24) is 14.5 Å². The van der Waals surface area contributed by atoms with Gasteiger partial charge in [-0.25, -0.2) is 9.98 Å². The highest BCUT2D eigenvalue weighted by atomic mass is 127. The first-order valence-corrected chi connectivity index (χ1v) is 9.07. The number of aliphatic imine (C=N–C) groups is 1. The molecule has 2 heterocycles. The van der Waals surface area contributed by atoms with E-state index in [9.17, 15) is 0 Å². The van der Waals surface area contributed by atoms with Crippen LogP contribution in [0.5, 0.6) is 0 Å². The summed E-state index contributed by atoms with van der Waals surface area (Å²) in [4.78, 5) is 15.4. The quantitative estimate of drug-likeness (QED) is 0.394. The topological polar surface area (TPSA) is 65.9 Å². The molecule has 0 bridgehead atoms. The number of anilines is 2. The molecule has 0 spiro atoms. The molecule has 9 heteroatoms. The van der Waals surface area contributed by atoms with Crippen LogP contribution in [-0.4, -0.2) is 60.7 Å². The second-order valence-electron chi connectivity index (χ2n) is 6.63. The smallest absolute Gasteiger partial charge is 0.204 e. The SMILES string of the molecule is CN(C)c1ncc(CN=C(N)N2CCN(c3ccc(Cl)cc3)CC2)n1C.I. The Hall–Kier alpha value is -1.68. The highest BCUT2D eigenvalue weighted by Gasteiger charge is 2.18. The van der Waals surface area contributed by atoms with E-state index in [1.165, 1.54) is 5.69 Å². The fourth-order valence-corrected chi connectivity index (χ4v) is 3.23. The number of guanidine groups is 1. The van der Waals surface area contributed by atoms with Gasteiger partial charge in [0.15, 0.2) is 5.96 Å². The number of benzene rings is 1. The molecule has 0 aliphatic carbocycles. The molecule has 0 unspecified atom stereocenters. The molecule has 7 nitrogen and oxygen atoms in total. The van der Waals surface area contributed by atoms with E-state index in [2.05, 4.69) is 31.9 Å². The van der Waals surface area contributed by atoms with Crippen LogP contribution in [0.25, 0.3) is 0 Å². The lowest BCUT2D eigenvalue weighted by Gasteiger charge is -2.36. The van der Waals surface area contributed by atoms with Gasteiger partial charge in [0.25, 0.3) is 0 Å². The molecule has 3 rings (SSSR count). The lowest BCUT2D eigenvalue weighted by molar-refractivity contribution is 0.380. The number of nitrogens with two attached hydrogens (primary N) is 1. The predicted molar refractivity (Wildman–Crippen MR) is 124 cm³/mol. The zero-order valence-corrected chi connectivity index (χ0v) is 19.1. The summed E-state index contributed by atoms with van der Waals surface area (Å²) < 4.78 is 2.04. The van der Waals surface area contributed by atoms with Gasteiger partial charge in [-0.3, -0.25) is 0 Å². The number of hydrogen-bond donors (Lipinski definition) is 1. The summed E-state index contributed by atoms with van der Waals surface area (Å²) in [5.74, 6) is 1.50. The lowest BCUT2D eigenvalue weighted by Crippen LogP contribution is -2.51. The molecule has 1 aliphatic rings. The van der Waals surface area contributed by atoms with Gasteiger partial charge < -0.3 is 25.0 Å². The zero-order chi connectivity index (χ0) is 18.7. The second kappa shape index (κ2) is 9.50. The largest absolute Gasteiger partial charge is 0.370 e. The summed E-state index contributed by atoms with van der Waals surface area (Å²) >= 11 is 5.96. The van der Waals surface area contributed by atoms with E-state index in [0.717, 1.165) is 42.8 Å². The standard InChI is InChI=1S/C18H26ClN7.HI/c1-23(2)18-22-13-16(24(18)3)12-21-17(20)26-10-8-25(9-11-26)15-6-4-14(19)5-7-15;/h4-7,13H,8-12H2,1-3H3,(H2,20,21);1H. The van der Waals surface area contributed by atoms with Crippen molar-refractivity contribution < 1.29 is 0 Å². The van der Waals surface area contributed by atoms with Crippen LogP contribution >= 0.6 is 35.6 Å². The molecule has 0 atom stereocenters. The van der Waals surface area contributed by atoms with E-state index in [-0.39, 0.29) is 24.0 Å². The molecule has 2 aromatic rings. The molecule has 1 aromatic carbocycles. The van der Waals surface area contributed by atoms with Crippen LogP contribution in [0.3, 0.4) is 0 Å². The molecule has 0 saturated carbocycles. The highest BCUT2D eigenvalue weighted by Crippen LogP contribution is 2.19. The number of piperazine rings is 1. The van der Waals surface area contributed by atoms with E-state index in [1.807, 2.05) is 48.9 Å². The molecule has 0 amide bonds.